The van der Waals surface area contributed by atoms with Gasteiger partial charge in [0.05, 0.1) is 5.56 Å². The highest BCUT2D eigenvalue weighted by Crippen LogP contribution is 2.33. The SMILES string of the molecule is C#Cc1c(F)ccc2cc(OC(=O)NC)cc(C(C)C)c12. The second-order valence-corrected chi connectivity index (χ2v) is 4.97. The number of fused-ring (bicyclic) bond motifs is 1. The number of rotatable bonds is 2. The lowest BCUT2D eigenvalue weighted by atomic mass is 9.92. The summed E-state index contributed by atoms with van der Waals surface area (Å²) in [6, 6.07) is 6.36. The first-order valence-corrected chi connectivity index (χ1v) is 6.60. The summed E-state index contributed by atoms with van der Waals surface area (Å²) in [7, 11) is 1.48. The Morgan fingerprint density at radius 2 is 2.10 bits per heavy atom. The van der Waals surface area contributed by atoms with Gasteiger partial charge in [0.1, 0.15) is 11.6 Å². The molecule has 0 fully saturated rings. The average molecular weight is 285 g/mol. The molecule has 0 spiro atoms. The van der Waals surface area contributed by atoms with Gasteiger partial charge in [-0.3, -0.25) is 0 Å². The van der Waals surface area contributed by atoms with Crippen molar-refractivity contribution >= 4 is 16.9 Å². The van der Waals surface area contributed by atoms with Crippen molar-refractivity contribution in [2.75, 3.05) is 7.05 Å². The van der Waals surface area contributed by atoms with E-state index in [0.717, 1.165) is 10.9 Å². The number of carbonyl (C=O) groups is 1. The molecular formula is C17H16FNO2. The van der Waals surface area contributed by atoms with Crippen LogP contribution >= 0.6 is 0 Å². The Bertz CT molecular complexity index is 745. The van der Waals surface area contributed by atoms with Crippen LogP contribution in [0, 0.1) is 18.2 Å². The van der Waals surface area contributed by atoms with Crippen LogP contribution in [0.1, 0.15) is 30.9 Å². The molecule has 3 nitrogen and oxygen atoms in total. The monoisotopic (exact) mass is 285 g/mol. The number of nitrogens with one attached hydrogen (secondary N) is 1. The lowest BCUT2D eigenvalue weighted by molar-refractivity contribution is 0.203. The van der Waals surface area contributed by atoms with E-state index in [1.165, 1.54) is 13.1 Å². The van der Waals surface area contributed by atoms with Crippen molar-refractivity contribution in [2.45, 2.75) is 19.8 Å². The molecule has 0 aromatic heterocycles. The number of halogens is 1. The fourth-order valence-corrected chi connectivity index (χ4v) is 2.26. The van der Waals surface area contributed by atoms with Gasteiger partial charge in [0.25, 0.3) is 0 Å². The lowest BCUT2D eigenvalue weighted by Gasteiger charge is -2.15. The third-order valence-electron chi connectivity index (χ3n) is 3.25. The number of hydrogen-bond donors (Lipinski definition) is 1. The Kier molecular flexibility index (Phi) is 4.13. The topological polar surface area (TPSA) is 38.3 Å². The summed E-state index contributed by atoms with van der Waals surface area (Å²) >= 11 is 0. The molecule has 0 saturated heterocycles. The van der Waals surface area contributed by atoms with Crippen LogP contribution in [-0.2, 0) is 0 Å². The average Bonchev–Trinajstić information content (AvgIpc) is 2.46. The maximum atomic E-state index is 13.9. The largest absolute Gasteiger partial charge is 0.412 e. The number of hydrogen-bond acceptors (Lipinski definition) is 2. The van der Waals surface area contributed by atoms with E-state index in [2.05, 4.69) is 11.2 Å². The van der Waals surface area contributed by atoms with Crippen LogP contribution in [0.3, 0.4) is 0 Å². The summed E-state index contributed by atoms with van der Waals surface area (Å²) < 4.78 is 19.1. The third-order valence-corrected chi connectivity index (χ3v) is 3.25. The van der Waals surface area contributed by atoms with Gasteiger partial charge in [-0.1, -0.05) is 25.8 Å². The second-order valence-electron chi connectivity index (χ2n) is 4.97. The van der Waals surface area contributed by atoms with Gasteiger partial charge >= 0.3 is 6.09 Å². The third kappa shape index (κ3) is 2.82. The Morgan fingerprint density at radius 1 is 1.38 bits per heavy atom. The molecule has 0 aliphatic carbocycles. The highest BCUT2D eigenvalue weighted by atomic mass is 19.1. The lowest BCUT2D eigenvalue weighted by Crippen LogP contribution is -2.22. The molecule has 4 heteroatoms. The van der Waals surface area contributed by atoms with Gasteiger partial charge in [-0.25, -0.2) is 9.18 Å². The minimum atomic E-state index is -0.552. The zero-order valence-corrected chi connectivity index (χ0v) is 12.2. The van der Waals surface area contributed by atoms with Crippen LogP contribution in [0.5, 0.6) is 5.75 Å². The van der Waals surface area contributed by atoms with Crippen LogP contribution in [0.2, 0.25) is 0 Å². The van der Waals surface area contributed by atoms with Crippen LogP contribution in [0.25, 0.3) is 10.8 Å². The minimum absolute atomic E-state index is 0.106. The Morgan fingerprint density at radius 3 is 2.67 bits per heavy atom. The zero-order chi connectivity index (χ0) is 15.6. The predicted octanol–water partition coefficient (Wildman–Crippen LogP) is 3.80. The summed E-state index contributed by atoms with van der Waals surface area (Å²) in [4.78, 5) is 11.3. The van der Waals surface area contributed by atoms with Crippen LogP contribution in [-0.4, -0.2) is 13.1 Å². The normalized spacial score (nSPS) is 10.5. The van der Waals surface area contributed by atoms with Crippen molar-refractivity contribution in [2.24, 2.45) is 0 Å². The number of amides is 1. The molecule has 2 aromatic carbocycles. The molecule has 0 aliphatic rings. The van der Waals surface area contributed by atoms with E-state index in [4.69, 9.17) is 11.2 Å². The fraction of sp³-hybridized carbons (Fsp3) is 0.235. The molecule has 2 rings (SSSR count). The van der Waals surface area contributed by atoms with E-state index in [1.807, 2.05) is 13.8 Å². The van der Waals surface area contributed by atoms with Gasteiger partial charge in [-0.05, 0) is 35.1 Å². The van der Waals surface area contributed by atoms with Crippen molar-refractivity contribution in [3.05, 3.63) is 41.2 Å². The van der Waals surface area contributed by atoms with Crippen molar-refractivity contribution in [1.82, 2.24) is 5.32 Å². The van der Waals surface area contributed by atoms with Crippen molar-refractivity contribution < 1.29 is 13.9 Å². The minimum Gasteiger partial charge on any atom is -0.410 e. The quantitative estimate of drug-likeness (QED) is 0.852. The van der Waals surface area contributed by atoms with Crippen molar-refractivity contribution in [1.29, 1.82) is 0 Å². The van der Waals surface area contributed by atoms with Crippen LogP contribution < -0.4 is 10.1 Å². The molecule has 2 aromatic rings. The van der Waals surface area contributed by atoms with Gasteiger partial charge in [0.15, 0.2) is 0 Å². The molecular weight excluding hydrogens is 269 g/mol. The Balaban J connectivity index is 2.74. The molecule has 0 bridgehead atoms. The van der Waals surface area contributed by atoms with E-state index in [1.54, 1.807) is 18.2 Å². The maximum Gasteiger partial charge on any atom is 0.412 e. The van der Waals surface area contributed by atoms with E-state index in [0.29, 0.717) is 11.1 Å². The first-order valence-electron chi connectivity index (χ1n) is 6.60. The molecule has 0 radical (unpaired) electrons. The molecule has 21 heavy (non-hydrogen) atoms. The molecule has 1 amide bonds. The van der Waals surface area contributed by atoms with Crippen molar-refractivity contribution in [3.63, 3.8) is 0 Å². The molecule has 0 atom stereocenters. The van der Waals surface area contributed by atoms with Gasteiger partial charge in [-0.2, -0.15) is 0 Å². The highest BCUT2D eigenvalue weighted by Gasteiger charge is 2.15. The first kappa shape index (κ1) is 14.9. The smallest absolute Gasteiger partial charge is 0.410 e. The fourth-order valence-electron chi connectivity index (χ4n) is 2.26. The van der Waals surface area contributed by atoms with Crippen LogP contribution in [0.15, 0.2) is 24.3 Å². The summed E-state index contributed by atoms with van der Waals surface area (Å²) in [5, 5.41) is 3.82. The summed E-state index contributed by atoms with van der Waals surface area (Å²) in [6.07, 6.45) is 4.89. The Labute approximate surface area is 123 Å². The molecule has 0 unspecified atom stereocenters. The standard InChI is InChI=1S/C17H16FNO2/c1-5-13-15(18)7-6-11-8-12(21-17(20)19-4)9-14(10(2)3)16(11)13/h1,6-10H,2-4H3,(H,19,20). The predicted molar refractivity (Wildman–Crippen MR) is 81.0 cm³/mol. The Hall–Kier alpha value is -2.54. The molecule has 0 saturated carbocycles. The molecule has 108 valence electrons. The second kappa shape index (κ2) is 5.84. The van der Waals surface area contributed by atoms with Crippen molar-refractivity contribution in [3.8, 4) is 18.1 Å². The maximum absolute atomic E-state index is 13.9. The summed E-state index contributed by atoms with van der Waals surface area (Å²) in [5.41, 5.74) is 1.08. The molecule has 1 N–H and O–H groups in total. The van der Waals surface area contributed by atoms with Gasteiger partial charge < -0.3 is 10.1 Å². The highest BCUT2D eigenvalue weighted by molar-refractivity contribution is 5.93. The zero-order valence-electron chi connectivity index (χ0n) is 12.2. The van der Waals surface area contributed by atoms with Gasteiger partial charge in [0, 0.05) is 12.4 Å². The van der Waals surface area contributed by atoms with Gasteiger partial charge in [0.2, 0.25) is 0 Å². The summed E-state index contributed by atoms with van der Waals surface area (Å²) in [6.45, 7) is 3.95. The number of terminal acetylenes is 1. The van der Waals surface area contributed by atoms with E-state index < -0.39 is 11.9 Å². The van der Waals surface area contributed by atoms with E-state index in [9.17, 15) is 9.18 Å². The van der Waals surface area contributed by atoms with Gasteiger partial charge in [-0.15, -0.1) is 6.42 Å². The van der Waals surface area contributed by atoms with E-state index >= 15 is 0 Å². The van der Waals surface area contributed by atoms with Crippen LogP contribution in [0.4, 0.5) is 9.18 Å². The number of carbonyl (C=O) groups excluding carboxylic acids is 1. The number of benzene rings is 2. The molecule has 0 heterocycles. The summed E-state index contributed by atoms with van der Waals surface area (Å²) in [5.74, 6) is 2.49. The molecule has 0 aliphatic heterocycles. The van der Waals surface area contributed by atoms with E-state index in [-0.39, 0.29) is 11.5 Å². The number of ether oxygens (including phenoxy) is 1. The first-order chi connectivity index (χ1) is 9.97.